The molecule has 0 aliphatic heterocycles. The van der Waals surface area contributed by atoms with Gasteiger partial charge in [0.15, 0.2) is 5.82 Å². The van der Waals surface area contributed by atoms with Crippen molar-refractivity contribution in [2.24, 2.45) is 5.92 Å². The van der Waals surface area contributed by atoms with Gasteiger partial charge >= 0.3 is 0 Å². The van der Waals surface area contributed by atoms with Gasteiger partial charge in [-0.2, -0.15) is 0 Å². The van der Waals surface area contributed by atoms with Crippen LogP contribution in [0.4, 0.5) is 5.82 Å². The molecule has 1 N–H and O–H groups in total. The zero-order valence-electron chi connectivity index (χ0n) is 13.1. The Labute approximate surface area is 140 Å². The van der Waals surface area contributed by atoms with E-state index in [1.54, 1.807) is 0 Å². The van der Waals surface area contributed by atoms with E-state index < -0.39 is 0 Å². The van der Waals surface area contributed by atoms with Crippen LogP contribution >= 0.6 is 22.6 Å². The van der Waals surface area contributed by atoms with Crippen LogP contribution in [-0.4, -0.2) is 16.5 Å². The number of nitrogens with one attached hydrogen (secondary N) is 1. The molecule has 0 amide bonds. The third-order valence-corrected chi connectivity index (χ3v) is 4.28. The van der Waals surface area contributed by atoms with Crippen molar-refractivity contribution in [2.45, 2.75) is 34.1 Å². The first-order valence-corrected chi connectivity index (χ1v) is 8.46. The highest BCUT2D eigenvalue weighted by Crippen LogP contribution is 2.26. The molecule has 0 aliphatic carbocycles. The van der Waals surface area contributed by atoms with E-state index in [2.05, 4.69) is 79.9 Å². The molecular weight excluding hydrogens is 373 g/mol. The van der Waals surface area contributed by atoms with Crippen LogP contribution in [0.2, 0.25) is 0 Å². The quantitative estimate of drug-likeness (QED) is 0.747. The first kappa shape index (κ1) is 16.2. The summed E-state index contributed by atoms with van der Waals surface area (Å²) in [6.45, 7) is 9.49. The molecule has 0 unspecified atom stereocenters. The molecule has 2 aromatic rings. The molecule has 0 spiro atoms. The molecular formula is C17H22IN3. The average Bonchev–Trinajstić information content (AvgIpc) is 2.42. The van der Waals surface area contributed by atoms with Crippen molar-refractivity contribution >= 4 is 28.4 Å². The Kier molecular flexibility index (Phi) is 5.56. The summed E-state index contributed by atoms with van der Waals surface area (Å²) in [6, 6.07) is 8.36. The summed E-state index contributed by atoms with van der Waals surface area (Å²) < 4.78 is 1.14. The van der Waals surface area contributed by atoms with Crippen molar-refractivity contribution in [3.63, 3.8) is 0 Å². The number of halogens is 1. The summed E-state index contributed by atoms with van der Waals surface area (Å²) in [5.74, 6) is 2.33. The molecule has 0 saturated heterocycles. The lowest BCUT2D eigenvalue weighted by Gasteiger charge is -2.14. The second kappa shape index (κ2) is 7.20. The summed E-state index contributed by atoms with van der Waals surface area (Å²) in [7, 11) is 0. The van der Waals surface area contributed by atoms with Crippen molar-refractivity contribution in [2.75, 3.05) is 11.9 Å². The van der Waals surface area contributed by atoms with Crippen molar-refractivity contribution in [1.82, 2.24) is 9.97 Å². The lowest BCUT2D eigenvalue weighted by molar-refractivity contribution is 0.632. The van der Waals surface area contributed by atoms with Gasteiger partial charge in [0, 0.05) is 12.1 Å². The van der Waals surface area contributed by atoms with E-state index in [0.29, 0.717) is 5.92 Å². The van der Waals surface area contributed by atoms with Crippen molar-refractivity contribution in [3.05, 3.63) is 39.1 Å². The van der Waals surface area contributed by atoms with Crippen LogP contribution < -0.4 is 5.32 Å². The molecule has 1 aromatic heterocycles. The van der Waals surface area contributed by atoms with Gasteiger partial charge in [-0.25, -0.2) is 9.97 Å². The molecule has 0 bridgehead atoms. The molecule has 0 saturated carbocycles. The van der Waals surface area contributed by atoms with Gasteiger partial charge in [-0.05, 0) is 54.8 Å². The predicted molar refractivity (Wildman–Crippen MR) is 97.6 cm³/mol. The summed E-state index contributed by atoms with van der Waals surface area (Å²) in [5, 5.41) is 3.36. The standard InChI is InChI=1S/C17H22IN3/c1-5-19-17-15(18)14(9-11(2)3)20-16(21-17)13-8-6-7-12(4)10-13/h6-8,10-11H,5,9H2,1-4H3,(H,19,20,21). The van der Waals surface area contributed by atoms with E-state index in [4.69, 9.17) is 9.97 Å². The largest absolute Gasteiger partial charge is 0.369 e. The smallest absolute Gasteiger partial charge is 0.161 e. The van der Waals surface area contributed by atoms with Gasteiger partial charge in [0.2, 0.25) is 0 Å². The maximum absolute atomic E-state index is 4.81. The van der Waals surface area contributed by atoms with Crippen molar-refractivity contribution in [1.29, 1.82) is 0 Å². The number of rotatable bonds is 5. The molecule has 1 heterocycles. The molecule has 3 nitrogen and oxygen atoms in total. The van der Waals surface area contributed by atoms with Gasteiger partial charge in [0.1, 0.15) is 5.82 Å². The second-order valence-electron chi connectivity index (χ2n) is 5.65. The molecule has 4 heteroatoms. The molecule has 2 rings (SSSR count). The summed E-state index contributed by atoms with van der Waals surface area (Å²) in [6.07, 6.45) is 0.970. The fourth-order valence-corrected chi connectivity index (χ4v) is 2.87. The van der Waals surface area contributed by atoms with Crippen LogP contribution in [0.25, 0.3) is 11.4 Å². The third kappa shape index (κ3) is 4.15. The van der Waals surface area contributed by atoms with E-state index in [0.717, 1.165) is 39.4 Å². The number of aryl methyl sites for hydroxylation is 1. The number of hydrogen-bond acceptors (Lipinski definition) is 3. The van der Waals surface area contributed by atoms with Gasteiger partial charge in [0.25, 0.3) is 0 Å². The minimum absolute atomic E-state index is 0.577. The Hall–Kier alpha value is -1.17. The summed E-state index contributed by atoms with van der Waals surface area (Å²) in [4.78, 5) is 9.52. The van der Waals surface area contributed by atoms with Gasteiger partial charge in [-0.1, -0.05) is 37.6 Å². The molecule has 21 heavy (non-hydrogen) atoms. The lowest BCUT2D eigenvalue weighted by Crippen LogP contribution is -2.09. The van der Waals surface area contributed by atoms with Crippen LogP contribution in [0.5, 0.6) is 0 Å². The Morgan fingerprint density at radius 2 is 2.00 bits per heavy atom. The monoisotopic (exact) mass is 395 g/mol. The number of aromatic nitrogens is 2. The van der Waals surface area contributed by atoms with Gasteiger partial charge in [-0.15, -0.1) is 0 Å². The Balaban J connectivity index is 2.52. The van der Waals surface area contributed by atoms with Crippen LogP contribution in [0.1, 0.15) is 32.0 Å². The van der Waals surface area contributed by atoms with Crippen molar-refractivity contribution < 1.29 is 0 Å². The Morgan fingerprint density at radius 3 is 2.62 bits per heavy atom. The topological polar surface area (TPSA) is 37.8 Å². The summed E-state index contributed by atoms with van der Waals surface area (Å²) >= 11 is 2.35. The van der Waals surface area contributed by atoms with Gasteiger partial charge in [-0.3, -0.25) is 0 Å². The average molecular weight is 395 g/mol. The predicted octanol–water partition coefficient (Wildman–Crippen LogP) is 4.69. The fraction of sp³-hybridized carbons (Fsp3) is 0.412. The first-order chi connectivity index (χ1) is 10.0. The highest BCUT2D eigenvalue weighted by Gasteiger charge is 2.14. The van der Waals surface area contributed by atoms with E-state index in [9.17, 15) is 0 Å². The van der Waals surface area contributed by atoms with Crippen LogP contribution in [-0.2, 0) is 6.42 Å². The minimum atomic E-state index is 0.577. The normalized spacial score (nSPS) is 11.0. The molecule has 112 valence electrons. The highest BCUT2D eigenvalue weighted by atomic mass is 127. The maximum atomic E-state index is 4.81. The number of benzene rings is 1. The second-order valence-corrected chi connectivity index (χ2v) is 6.73. The highest BCUT2D eigenvalue weighted by molar-refractivity contribution is 14.1. The Bertz CT molecular complexity index is 623. The van der Waals surface area contributed by atoms with E-state index in [1.807, 2.05) is 0 Å². The lowest BCUT2D eigenvalue weighted by atomic mass is 10.1. The molecule has 0 atom stereocenters. The zero-order chi connectivity index (χ0) is 15.4. The van der Waals surface area contributed by atoms with E-state index >= 15 is 0 Å². The van der Waals surface area contributed by atoms with Crippen LogP contribution in [0, 0.1) is 16.4 Å². The minimum Gasteiger partial charge on any atom is -0.369 e. The SMILES string of the molecule is CCNc1nc(-c2cccc(C)c2)nc(CC(C)C)c1I. The van der Waals surface area contributed by atoms with Crippen molar-refractivity contribution in [3.8, 4) is 11.4 Å². The van der Waals surface area contributed by atoms with E-state index in [-0.39, 0.29) is 0 Å². The molecule has 1 aromatic carbocycles. The number of nitrogens with zero attached hydrogens (tertiary/aromatic N) is 2. The van der Waals surface area contributed by atoms with Gasteiger partial charge < -0.3 is 5.32 Å². The third-order valence-electron chi connectivity index (χ3n) is 3.14. The van der Waals surface area contributed by atoms with Crippen LogP contribution in [0.15, 0.2) is 24.3 Å². The Morgan fingerprint density at radius 1 is 1.24 bits per heavy atom. The van der Waals surface area contributed by atoms with E-state index in [1.165, 1.54) is 5.56 Å². The first-order valence-electron chi connectivity index (χ1n) is 7.38. The number of anilines is 1. The fourth-order valence-electron chi connectivity index (χ4n) is 2.21. The number of hydrogen-bond donors (Lipinski definition) is 1. The van der Waals surface area contributed by atoms with Crippen LogP contribution in [0.3, 0.4) is 0 Å². The maximum Gasteiger partial charge on any atom is 0.161 e. The zero-order valence-corrected chi connectivity index (χ0v) is 15.2. The summed E-state index contributed by atoms with van der Waals surface area (Å²) in [5.41, 5.74) is 3.44. The van der Waals surface area contributed by atoms with Gasteiger partial charge in [0.05, 0.1) is 9.26 Å². The molecule has 0 aliphatic rings. The molecule has 0 radical (unpaired) electrons. The molecule has 0 fully saturated rings.